The second-order valence-corrected chi connectivity index (χ2v) is 18.9. The summed E-state index contributed by atoms with van der Waals surface area (Å²) in [6, 6.07) is 0. The van der Waals surface area contributed by atoms with Crippen molar-refractivity contribution in [1.82, 2.24) is 0 Å². The van der Waals surface area contributed by atoms with E-state index in [0.717, 1.165) is 25.7 Å². The SMILES string of the molecule is C[C@@H]1CC[C@@]2(OC1)O[C@H]1C[C@H]3[C@@H]4CC[C@H]5C[C@@H](O[C@@H]6O[C@H](CO)[C@@H](O[C@@H]7O[C@H](CO)[C@@H](O)[C@H](O)[C@H]7O)[C@H](O)[C@H]6O)CC[C@]5(C)[C@H]4CC(F)(F)[C@]3(C)[C@H]1[C@@H]2C. The number of hydrogen-bond donors (Lipinski definition) is 7. The zero-order valence-electron chi connectivity index (χ0n) is 31.8. The Labute approximate surface area is 315 Å². The third kappa shape index (κ3) is 5.99. The van der Waals surface area contributed by atoms with Gasteiger partial charge in [-0.25, -0.2) is 8.78 Å². The van der Waals surface area contributed by atoms with Crippen LogP contribution in [0, 0.1) is 52.3 Å². The molecule has 7 N–H and O–H groups in total. The summed E-state index contributed by atoms with van der Waals surface area (Å²) in [6.45, 7) is 7.53. The van der Waals surface area contributed by atoms with Gasteiger partial charge in [-0.3, -0.25) is 0 Å². The highest BCUT2D eigenvalue weighted by atomic mass is 19.3. The van der Waals surface area contributed by atoms with Crippen LogP contribution >= 0.6 is 0 Å². The molecule has 0 aromatic rings. The van der Waals surface area contributed by atoms with Gasteiger partial charge >= 0.3 is 0 Å². The number of alkyl halides is 2. The summed E-state index contributed by atoms with van der Waals surface area (Å²) < 4.78 is 70.4. The first-order chi connectivity index (χ1) is 25.5. The molecule has 22 atom stereocenters. The number of ether oxygens (including phenoxy) is 6. The zero-order chi connectivity index (χ0) is 38.7. The quantitative estimate of drug-likeness (QED) is 0.193. The summed E-state index contributed by atoms with van der Waals surface area (Å²) in [4.78, 5) is 0. The van der Waals surface area contributed by atoms with Crippen molar-refractivity contribution in [2.75, 3.05) is 19.8 Å². The van der Waals surface area contributed by atoms with Crippen molar-refractivity contribution >= 4 is 0 Å². The first-order valence-electron chi connectivity index (χ1n) is 20.4. The van der Waals surface area contributed by atoms with Gasteiger partial charge in [-0.15, -0.1) is 0 Å². The molecule has 4 heterocycles. The summed E-state index contributed by atoms with van der Waals surface area (Å²) >= 11 is 0. The van der Waals surface area contributed by atoms with Gasteiger partial charge in [0.05, 0.1) is 32.0 Å². The van der Waals surface area contributed by atoms with E-state index in [0.29, 0.717) is 38.2 Å². The number of rotatable bonds is 6. The highest BCUT2D eigenvalue weighted by Gasteiger charge is 2.77. The Morgan fingerprint density at radius 1 is 0.741 bits per heavy atom. The van der Waals surface area contributed by atoms with E-state index in [1.165, 1.54) is 0 Å². The van der Waals surface area contributed by atoms with Crippen LogP contribution < -0.4 is 0 Å². The van der Waals surface area contributed by atoms with Crippen molar-refractivity contribution in [3.8, 4) is 0 Å². The van der Waals surface area contributed by atoms with Crippen molar-refractivity contribution < 1.29 is 72.9 Å². The summed E-state index contributed by atoms with van der Waals surface area (Å²) in [6.07, 6.45) is -10.2. The van der Waals surface area contributed by atoms with Gasteiger partial charge < -0.3 is 64.2 Å². The van der Waals surface area contributed by atoms with E-state index in [1.807, 2.05) is 6.92 Å². The van der Waals surface area contributed by atoms with E-state index in [-0.39, 0.29) is 53.4 Å². The minimum atomic E-state index is -2.87. The van der Waals surface area contributed by atoms with Crippen LogP contribution in [0.2, 0.25) is 0 Å². The molecule has 4 saturated carbocycles. The topological polar surface area (TPSA) is 197 Å². The van der Waals surface area contributed by atoms with E-state index in [2.05, 4.69) is 20.8 Å². The summed E-state index contributed by atoms with van der Waals surface area (Å²) in [5, 5.41) is 72.7. The van der Waals surface area contributed by atoms with Gasteiger partial charge in [0.15, 0.2) is 18.4 Å². The van der Waals surface area contributed by atoms with E-state index in [4.69, 9.17) is 28.4 Å². The highest BCUT2D eigenvalue weighted by molar-refractivity contribution is 5.20. The predicted molar refractivity (Wildman–Crippen MR) is 183 cm³/mol. The fraction of sp³-hybridized carbons (Fsp3) is 1.00. The second kappa shape index (κ2) is 14.3. The number of aliphatic hydroxyl groups excluding tert-OH is 7. The Morgan fingerprint density at radius 3 is 2.11 bits per heavy atom. The number of fused-ring (bicyclic) bond motifs is 7. The van der Waals surface area contributed by atoms with Crippen LogP contribution in [0.15, 0.2) is 0 Å². The molecule has 0 amide bonds. The molecule has 0 aromatic heterocycles. The van der Waals surface area contributed by atoms with Gasteiger partial charge in [0, 0.05) is 30.1 Å². The number of aliphatic hydroxyl groups is 7. The van der Waals surface area contributed by atoms with E-state index >= 15 is 8.78 Å². The third-order valence-electron chi connectivity index (χ3n) is 16.3. The molecule has 0 radical (unpaired) electrons. The Kier molecular flexibility index (Phi) is 10.6. The molecule has 8 aliphatic rings. The summed E-state index contributed by atoms with van der Waals surface area (Å²) in [5.74, 6) is -3.58. The Balaban J connectivity index is 0.923. The molecular weight excluding hydrogens is 714 g/mol. The van der Waals surface area contributed by atoms with Crippen molar-refractivity contribution in [1.29, 1.82) is 0 Å². The molecule has 13 nitrogen and oxygen atoms in total. The maximum Gasteiger partial charge on any atom is 0.254 e. The van der Waals surface area contributed by atoms with Crippen LogP contribution in [0.4, 0.5) is 8.78 Å². The maximum absolute atomic E-state index is 17.0. The Bertz CT molecular complexity index is 1350. The fourth-order valence-corrected chi connectivity index (χ4v) is 13.1. The molecule has 310 valence electrons. The van der Waals surface area contributed by atoms with Crippen LogP contribution in [-0.2, 0) is 28.4 Å². The van der Waals surface area contributed by atoms with Crippen molar-refractivity contribution in [3.63, 3.8) is 0 Å². The normalized spacial score (nSPS) is 58.3. The Morgan fingerprint density at radius 2 is 1.43 bits per heavy atom. The first kappa shape index (κ1) is 40.1. The lowest BCUT2D eigenvalue weighted by Crippen LogP contribution is -2.65. The average molecular weight is 777 g/mol. The smallest absolute Gasteiger partial charge is 0.254 e. The molecule has 0 aromatic carbocycles. The van der Waals surface area contributed by atoms with Crippen LogP contribution in [0.25, 0.3) is 0 Å². The lowest BCUT2D eigenvalue weighted by Gasteiger charge is -2.63. The fourth-order valence-electron chi connectivity index (χ4n) is 13.1. The van der Waals surface area contributed by atoms with Gasteiger partial charge in [0.2, 0.25) is 0 Å². The molecule has 8 rings (SSSR count). The van der Waals surface area contributed by atoms with Crippen LogP contribution in [0.5, 0.6) is 0 Å². The standard InChI is InChI=1S/C39H62F2O13/c1-17-7-10-38(49-16-17)18(2)27-24(54-38)12-22-21-6-5-19-11-20(8-9-36(19,3)23(21)13-39(40,41)37(22,27)4)50-34-32(48)30(46)33(26(15-43)52-34)53-35-31(47)29(45)28(44)25(14-42)51-35/h17-35,42-48H,5-16H2,1-4H3/t17-,18+,19+,20+,21+,22+,23+,24+,25-,26-,27+,28-,29+,30-,31-,32-,33-,34-,35+,36+,37+,38-/m1/s1. The first-order valence-corrected chi connectivity index (χ1v) is 20.4. The third-order valence-corrected chi connectivity index (χ3v) is 16.3. The van der Waals surface area contributed by atoms with Crippen LogP contribution in [0.1, 0.15) is 85.5 Å². The molecule has 0 bridgehead atoms. The number of hydrogen-bond acceptors (Lipinski definition) is 13. The lowest BCUT2D eigenvalue weighted by molar-refractivity contribution is -0.364. The van der Waals surface area contributed by atoms with Gasteiger partial charge in [0.25, 0.3) is 5.92 Å². The van der Waals surface area contributed by atoms with Gasteiger partial charge in [0.1, 0.15) is 48.8 Å². The molecule has 1 spiro atoms. The van der Waals surface area contributed by atoms with E-state index in [1.54, 1.807) is 0 Å². The van der Waals surface area contributed by atoms with Crippen molar-refractivity contribution in [2.24, 2.45) is 52.3 Å². The van der Waals surface area contributed by atoms with Crippen molar-refractivity contribution in [3.05, 3.63) is 0 Å². The molecular formula is C39H62F2O13. The van der Waals surface area contributed by atoms with Gasteiger partial charge in [-0.05, 0) is 80.0 Å². The number of halogens is 2. The second-order valence-electron chi connectivity index (χ2n) is 18.9. The van der Waals surface area contributed by atoms with Gasteiger partial charge in [-0.2, -0.15) is 0 Å². The predicted octanol–water partition coefficient (Wildman–Crippen LogP) is 1.69. The van der Waals surface area contributed by atoms with Gasteiger partial charge in [-0.1, -0.05) is 27.7 Å². The van der Waals surface area contributed by atoms with E-state index < -0.39 is 97.9 Å². The van der Waals surface area contributed by atoms with Crippen LogP contribution in [-0.4, -0.2) is 141 Å². The largest absolute Gasteiger partial charge is 0.394 e. The molecule has 0 unspecified atom stereocenters. The molecule has 8 fully saturated rings. The minimum Gasteiger partial charge on any atom is -0.394 e. The lowest BCUT2D eigenvalue weighted by atomic mass is 9.43. The Hall–Kier alpha value is -0.660. The van der Waals surface area contributed by atoms with E-state index in [9.17, 15) is 35.7 Å². The average Bonchev–Trinajstić information content (AvgIpc) is 3.59. The molecule has 4 aliphatic heterocycles. The molecule has 4 saturated heterocycles. The monoisotopic (exact) mass is 776 g/mol. The van der Waals surface area contributed by atoms with Crippen LogP contribution in [0.3, 0.4) is 0 Å². The molecule has 54 heavy (non-hydrogen) atoms. The molecule has 15 heteroatoms. The zero-order valence-corrected chi connectivity index (χ0v) is 31.8. The van der Waals surface area contributed by atoms with Crippen molar-refractivity contribution in [2.45, 2.75) is 171 Å². The highest BCUT2D eigenvalue weighted by Crippen LogP contribution is 2.75. The maximum atomic E-state index is 17.0. The molecule has 4 aliphatic carbocycles. The minimum absolute atomic E-state index is 0.108. The summed E-state index contributed by atoms with van der Waals surface area (Å²) in [7, 11) is 0. The summed E-state index contributed by atoms with van der Waals surface area (Å²) in [5.41, 5.74) is -1.49.